The van der Waals surface area contributed by atoms with Crippen molar-refractivity contribution in [1.82, 2.24) is 15.0 Å². The van der Waals surface area contributed by atoms with Crippen molar-refractivity contribution in [3.63, 3.8) is 0 Å². The van der Waals surface area contributed by atoms with E-state index in [1.807, 2.05) is 6.92 Å². The first-order chi connectivity index (χ1) is 8.65. The molecule has 4 nitrogen and oxygen atoms in total. The van der Waals surface area contributed by atoms with Crippen LogP contribution in [0.4, 0.5) is 4.39 Å². The highest BCUT2D eigenvalue weighted by Crippen LogP contribution is 2.22. The van der Waals surface area contributed by atoms with E-state index >= 15 is 0 Å². The van der Waals surface area contributed by atoms with E-state index in [-0.39, 0.29) is 16.3 Å². The molecule has 0 saturated heterocycles. The molecule has 0 aliphatic heterocycles. The van der Waals surface area contributed by atoms with Crippen molar-refractivity contribution in [1.29, 1.82) is 0 Å². The molecule has 0 saturated carbocycles. The number of carbonyl (C=O) groups excluding carboxylic acids is 1. The van der Waals surface area contributed by atoms with E-state index in [1.54, 1.807) is 0 Å². The average Bonchev–Trinajstić information content (AvgIpc) is 2.77. The highest BCUT2D eigenvalue weighted by molar-refractivity contribution is 6.34. The molecule has 1 aromatic carbocycles. The zero-order valence-corrected chi connectivity index (χ0v) is 10.5. The number of halogens is 2. The number of ketones is 1. The fourth-order valence-corrected chi connectivity index (χ4v) is 1.90. The van der Waals surface area contributed by atoms with Crippen LogP contribution in [0.2, 0.25) is 5.02 Å². The van der Waals surface area contributed by atoms with Gasteiger partial charge in [0.15, 0.2) is 0 Å². The topological polar surface area (TPSA) is 47.8 Å². The van der Waals surface area contributed by atoms with Crippen LogP contribution in [0.15, 0.2) is 24.4 Å². The van der Waals surface area contributed by atoms with Gasteiger partial charge in [0, 0.05) is 6.54 Å². The molecule has 0 aliphatic rings. The molecule has 0 unspecified atom stereocenters. The first-order valence-electron chi connectivity index (χ1n) is 5.52. The monoisotopic (exact) mass is 267 g/mol. The number of hydrogen-bond acceptors (Lipinski definition) is 3. The van der Waals surface area contributed by atoms with Crippen molar-refractivity contribution < 1.29 is 9.18 Å². The molecule has 18 heavy (non-hydrogen) atoms. The molecule has 2 aromatic rings. The van der Waals surface area contributed by atoms with E-state index in [2.05, 4.69) is 10.3 Å². The quantitative estimate of drug-likeness (QED) is 0.800. The Morgan fingerprint density at radius 3 is 2.94 bits per heavy atom. The number of rotatable bonds is 4. The third-order valence-electron chi connectivity index (χ3n) is 2.48. The van der Waals surface area contributed by atoms with Gasteiger partial charge >= 0.3 is 0 Å². The van der Waals surface area contributed by atoms with Gasteiger partial charge in [0.05, 0.1) is 16.8 Å². The fraction of sp³-hybridized carbons (Fsp3) is 0.250. The Balaban J connectivity index is 2.45. The largest absolute Gasteiger partial charge is 0.287 e. The standard InChI is InChI=1S/C12H11ClFN3O/c1-2-6-17-10(7-15-16-17)12(18)11-8(13)4-3-5-9(11)14/h3-5,7H,2,6H2,1H3. The fourth-order valence-electron chi connectivity index (χ4n) is 1.65. The summed E-state index contributed by atoms with van der Waals surface area (Å²) in [5.41, 5.74) is 0.0997. The third kappa shape index (κ3) is 2.26. The number of nitrogens with zero attached hydrogens (tertiary/aromatic N) is 3. The van der Waals surface area contributed by atoms with Gasteiger partial charge in [-0.15, -0.1) is 5.10 Å². The van der Waals surface area contributed by atoms with Crippen LogP contribution in [0.5, 0.6) is 0 Å². The molecule has 0 fully saturated rings. The normalized spacial score (nSPS) is 10.6. The zero-order chi connectivity index (χ0) is 13.1. The molecular weight excluding hydrogens is 257 g/mol. The first-order valence-corrected chi connectivity index (χ1v) is 5.90. The zero-order valence-electron chi connectivity index (χ0n) is 9.73. The molecular formula is C12H11ClFN3O. The summed E-state index contributed by atoms with van der Waals surface area (Å²) in [4.78, 5) is 12.2. The summed E-state index contributed by atoms with van der Waals surface area (Å²) in [6.07, 6.45) is 2.12. The van der Waals surface area contributed by atoms with Crippen LogP contribution < -0.4 is 0 Å². The van der Waals surface area contributed by atoms with Crippen LogP contribution in [-0.4, -0.2) is 20.8 Å². The second kappa shape index (κ2) is 5.27. The van der Waals surface area contributed by atoms with E-state index in [0.717, 1.165) is 6.42 Å². The SMILES string of the molecule is CCCn1nncc1C(=O)c1c(F)cccc1Cl. The summed E-state index contributed by atoms with van der Waals surface area (Å²) >= 11 is 5.86. The van der Waals surface area contributed by atoms with Crippen molar-refractivity contribution in [3.05, 3.63) is 46.5 Å². The van der Waals surface area contributed by atoms with Crippen LogP contribution in [0.3, 0.4) is 0 Å². The minimum atomic E-state index is -0.642. The summed E-state index contributed by atoms with van der Waals surface area (Å²) in [5.74, 6) is -1.15. The molecule has 1 heterocycles. The second-order valence-corrected chi connectivity index (χ2v) is 4.18. The maximum atomic E-state index is 13.7. The van der Waals surface area contributed by atoms with Gasteiger partial charge in [-0.05, 0) is 18.6 Å². The smallest absolute Gasteiger partial charge is 0.217 e. The average molecular weight is 268 g/mol. The molecule has 2 rings (SSSR count). The van der Waals surface area contributed by atoms with Crippen molar-refractivity contribution in [2.45, 2.75) is 19.9 Å². The highest BCUT2D eigenvalue weighted by Gasteiger charge is 2.21. The Labute approximate surface area is 108 Å². The lowest BCUT2D eigenvalue weighted by molar-refractivity contribution is 0.102. The predicted molar refractivity (Wildman–Crippen MR) is 65.2 cm³/mol. The van der Waals surface area contributed by atoms with Gasteiger partial charge in [0.1, 0.15) is 11.5 Å². The van der Waals surface area contributed by atoms with Gasteiger partial charge in [-0.3, -0.25) is 4.79 Å². The summed E-state index contributed by atoms with van der Waals surface area (Å²) in [5, 5.41) is 7.55. The van der Waals surface area contributed by atoms with Gasteiger partial charge in [-0.25, -0.2) is 9.07 Å². The van der Waals surface area contributed by atoms with E-state index in [4.69, 9.17) is 11.6 Å². The second-order valence-electron chi connectivity index (χ2n) is 3.77. The molecule has 94 valence electrons. The molecule has 0 N–H and O–H groups in total. The third-order valence-corrected chi connectivity index (χ3v) is 2.79. The first kappa shape index (κ1) is 12.7. The summed E-state index contributed by atoms with van der Waals surface area (Å²) in [7, 11) is 0. The lowest BCUT2D eigenvalue weighted by Crippen LogP contribution is -2.13. The Morgan fingerprint density at radius 2 is 2.28 bits per heavy atom. The van der Waals surface area contributed by atoms with Gasteiger partial charge < -0.3 is 0 Å². The summed E-state index contributed by atoms with van der Waals surface area (Å²) in [6, 6.07) is 4.13. The number of aryl methyl sites for hydroxylation is 1. The van der Waals surface area contributed by atoms with Gasteiger partial charge in [0.25, 0.3) is 0 Å². The Kier molecular flexibility index (Phi) is 3.72. The highest BCUT2D eigenvalue weighted by atomic mass is 35.5. The summed E-state index contributed by atoms with van der Waals surface area (Å²) < 4.78 is 15.1. The van der Waals surface area contributed by atoms with Crippen molar-refractivity contribution >= 4 is 17.4 Å². The maximum absolute atomic E-state index is 13.7. The van der Waals surface area contributed by atoms with Gasteiger partial charge in [-0.1, -0.05) is 29.8 Å². The molecule has 0 bridgehead atoms. The number of carbonyl (C=O) groups is 1. The molecule has 1 aromatic heterocycles. The maximum Gasteiger partial charge on any atom is 0.217 e. The molecule has 0 atom stereocenters. The minimum Gasteiger partial charge on any atom is -0.287 e. The number of benzene rings is 1. The van der Waals surface area contributed by atoms with Crippen LogP contribution in [0.1, 0.15) is 29.4 Å². The Morgan fingerprint density at radius 1 is 1.50 bits per heavy atom. The Bertz CT molecular complexity index is 562. The van der Waals surface area contributed by atoms with E-state index < -0.39 is 11.6 Å². The van der Waals surface area contributed by atoms with Crippen molar-refractivity contribution in [2.24, 2.45) is 0 Å². The van der Waals surface area contributed by atoms with Crippen LogP contribution in [0, 0.1) is 5.82 Å². The molecule has 0 spiro atoms. The van der Waals surface area contributed by atoms with Crippen molar-refractivity contribution in [3.8, 4) is 0 Å². The van der Waals surface area contributed by atoms with Crippen LogP contribution in [-0.2, 0) is 6.54 Å². The van der Waals surface area contributed by atoms with E-state index in [0.29, 0.717) is 6.54 Å². The minimum absolute atomic E-state index is 0.0873. The number of aromatic nitrogens is 3. The predicted octanol–water partition coefficient (Wildman–Crippen LogP) is 2.71. The lowest BCUT2D eigenvalue weighted by Gasteiger charge is -2.06. The van der Waals surface area contributed by atoms with Gasteiger partial charge in [0.2, 0.25) is 5.78 Å². The van der Waals surface area contributed by atoms with Crippen molar-refractivity contribution in [2.75, 3.05) is 0 Å². The molecule has 0 amide bonds. The molecule has 0 radical (unpaired) electrons. The molecule has 0 aliphatic carbocycles. The van der Waals surface area contributed by atoms with Gasteiger partial charge in [-0.2, -0.15) is 0 Å². The van der Waals surface area contributed by atoms with Crippen LogP contribution >= 0.6 is 11.6 Å². The Hall–Kier alpha value is -1.75. The van der Waals surface area contributed by atoms with Crippen LogP contribution in [0.25, 0.3) is 0 Å². The number of hydrogen-bond donors (Lipinski definition) is 0. The molecule has 6 heteroatoms. The summed E-state index contributed by atoms with van der Waals surface area (Å²) in [6.45, 7) is 2.50. The van der Waals surface area contributed by atoms with E-state index in [1.165, 1.54) is 29.1 Å². The lowest BCUT2D eigenvalue weighted by atomic mass is 10.1. The van der Waals surface area contributed by atoms with E-state index in [9.17, 15) is 9.18 Å².